The zero-order valence-corrected chi connectivity index (χ0v) is 6.30. The van der Waals surface area contributed by atoms with Crippen molar-refractivity contribution in [3.05, 3.63) is 12.7 Å². The third-order valence-electron chi connectivity index (χ3n) is 0.864. The highest BCUT2D eigenvalue weighted by Crippen LogP contribution is 2.09. The van der Waals surface area contributed by atoms with E-state index in [0.29, 0.717) is 0 Å². The van der Waals surface area contributed by atoms with Crippen LogP contribution in [-0.2, 0) is 4.79 Å². The Hall–Kier alpha value is -0.480. The van der Waals surface area contributed by atoms with Crippen LogP contribution in [0.2, 0.25) is 0 Å². The quantitative estimate of drug-likeness (QED) is 0.573. The Morgan fingerprint density at radius 3 is 2.70 bits per heavy atom. The number of thioether (sulfide) groups is 1. The monoisotopic (exact) mass is 162 g/mol. The van der Waals surface area contributed by atoms with Gasteiger partial charge in [0.1, 0.15) is 0 Å². The third-order valence-corrected chi connectivity index (χ3v) is 2.05. The number of rotatable bonds is 5. The minimum Gasteiger partial charge on any atom is -0.481 e. The molecule has 0 radical (unpaired) electrons. The maximum Gasteiger partial charge on any atom is 0.313 e. The summed E-state index contributed by atoms with van der Waals surface area (Å²) in [6, 6.07) is 0. The van der Waals surface area contributed by atoms with Crippen LogP contribution in [-0.4, -0.2) is 33.8 Å². The van der Waals surface area contributed by atoms with Crippen molar-refractivity contribution in [2.24, 2.45) is 0 Å². The van der Waals surface area contributed by atoms with Gasteiger partial charge in [-0.2, -0.15) is 0 Å². The van der Waals surface area contributed by atoms with E-state index < -0.39 is 5.97 Å². The Bertz CT molecular complexity index is 124. The largest absolute Gasteiger partial charge is 0.481 e. The number of hydrogen-bond acceptors (Lipinski definition) is 3. The lowest BCUT2D eigenvalue weighted by molar-refractivity contribution is -0.133. The van der Waals surface area contributed by atoms with Crippen molar-refractivity contribution >= 4 is 17.7 Å². The van der Waals surface area contributed by atoms with Crippen molar-refractivity contribution in [3.63, 3.8) is 0 Å². The first kappa shape index (κ1) is 9.52. The summed E-state index contributed by atoms with van der Waals surface area (Å²) >= 11 is 1.16. The van der Waals surface area contributed by atoms with Gasteiger partial charge in [-0.25, -0.2) is 0 Å². The molecule has 0 rings (SSSR count). The van der Waals surface area contributed by atoms with E-state index in [-0.39, 0.29) is 17.6 Å². The predicted molar refractivity (Wildman–Crippen MR) is 41.2 cm³/mol. The van der Waals surface area contributed by atoms with E-state index in [0.717, 1.165) is 11.8 Å². The average Bonchev–Trinajstić information content (AvgIpc) is 1.90. The van der Waals surface area contributed by atoms with Gasteiger partial charge in [0.15, 0.2) is 0 Å². The van der Waals surface area contributed by atoms with Gasteiger partial charge in [-0.15, -0.1) is 18.3 Å². The Morgan fingerprint density at radius 2 is 2.40 bits per heavy atom. The molecule has 0 saturated carbocycles. The van der Waals surface area contributed by atoms with E-state index in [1.807, 2.05) is 0 Å². The van der Waals surface area contributed by atoms with Gasteiger partial charge in [-0.3, -0.25) is 4.79 Å². The first-order valence-electron chi connectivity index (χ1n) is 2.77. The van der Waals surface area contributed by atoms with E-state index in [9.17, 15) is 4.79 Å². The molecule has 0 aliphatic heterocycles. The number of aliphatic hydroxyl groups excluding tert-OH is 1. The van der Waals surface area contributed by atoms with Crippen LogP contribution >= 0.6 is 11.8 Å². The van der Waals surface area contributed by atoms with Gasteiger partial charge in [0.2, 0.25) is 0 Å². The van der Waals surface area contributed by atoms with Crippen LogP contribution in [0, 0.1) is 0 Å². The second-order valence-corrected chi connectivity index (χ2v) is 2.89. The second kappa shape index (κ2) is 5.32. The summed E-state index contributed by atoms with van der Waals surface area (Å²) in [7, 11) is 0. The Kier molecular flexibility index (Phi) is 5.06. The highest BCUT2D eigenvalue weighted by atomic mass is 32.2. The number of aliphatic hydroxyl groups is 1. The van der Waals surface area contributed by atoms with Crippen LogP contribution in [0.4, 0.5) is 0 Å². The molecule has 10 heavy (non-hydrogen) atoms. The predicted octanol–water partition coefficient (Wildman–Crippen LogP) is 0.351. The van der Waals surface area contributed by atoms with Crippen LogP contribution < -0.4 is 0 Å². The van der Waals surface area contributed by atoms with Gasteiger partial charge in [-0.05, 0) is 0 Å². The topological polar surface area (TPSA) is 57.5 Å². The minimum absolute atomic E-state index is 0.0112. The summed E-state index contributed by atoms with van der Waals surface area (Å²) < 4.78 is 0. The number of hydrogen-bond donors (Lipinski definition) is 2. The number of carbonyl (C=O) groups is 1. The van der Waals surface area contributed by atoms with Gasteiger partial charge in [-0.1, -0.05) is 6.08 Å². The zero-order valence-electron chi connectivity index (χ0n) is 5.49. The molecule has 0 aromatic rings. The molecule has 1 unspecified atom stereocenters. The van der Waals surface area contributed by atoms with E-state index in [1.165, 1.54) is 6.08 Å². The first-order chi connectivity index (χ1) is 4.70. The minimum atomic E-state index is -0.870. The Labute approximate surface area is 63.7 Å². The van der Waals surface area contributed by atoms with E-state index in [1.54, 1.807) is 0 Å². The number of carboxylic acid groups (broad SMARTS) is 1. The molecule has 0 aromatic carbocycles. The molecule has 0 aliphatic carbocycles. The summed E-state index contributed by atoms with van der Waals surface area (Å²) in [5.74, 6) is -0.859. The highest BCUT2D eigenvalue weighted by molar-refractivity contribution is 8.00. The molecular weight excluding hydrogens is 152 g/mol. The number of aliphatic carboxylic acids is 1. The van der Waals surface area contributed by atoms with Gasteiger partial charge in [0.05, 0.1) is 12.4 Å². The SMILES string of the molecule is C=CC(CO)SCC(=O)O. The fraction of sp³-hybridized carbons (Fsp3) is 0.500. The molecule has 0 bridgehead atoms. The molecule has 0 saturated heterocycles. The smallest absolute Gasteiger partial charge is 0.313 e. The van der Waals surface area contributed by atoms with Crippen LogP contribution in [0.25, 0.3) is 0 Å². The van der Waals surface area contributed by atoms with Crippen molar-refractivity contribution in [3.8, 4) is 0 Å². The van der Waals surface area contributed by atoms with Crippen molar-refractivity contribution in [1.29, 1.82) is 0 Å². The fourth-order valence-corrected chi connectivity index (χ4v) is 0.972. The van der Waals surface area contributed by atoms with E-state index in [4.69, 9.17) is 10.2 Å². The molecule has 0 spiro atoms. The molecule has 4 heteroatoms. The molecule has 0 heterocycles. The summed E-state index contributed by atoms with van der Waals surface area (Å²) in [4.78, 5) is 10.00. The molecule has 0 aliphatic rings. The van der Waals surface area contributed by atoms with Gasteiger partial charge < -0.3 is 10.2 Å². The fourth-order valence-electron chi connectivity index (χ4n) is 0.374. The second-order valence-electron chi connectivity index (χ2n) is 1.66. The average molecular weight is 162 g/mol. The molecule has 3 nitrogen and oxygen atoms in total. The molecule has 2 N–H and O–H groups in total. The molecule has 0 fully saturated rings. The standard InChI is InChI=1S/C6H10O3S/c1-2-5(3-7)10-4-6(8)9/h2,5,7H,1,3-4H2,(H,8,9). The van der Waals surface area contributed by atoms with E-state index >= 15 is 0 Å². The summed E-state index contributed by atoms with van der Waals surface area (Å²) in [5.41, 5.74) is 0. The lowest BCUT2D eigenvalue weighted by Gasteiger charge is -2.04. The van der Waals surface area contributed by atoms with Crippen LogP contribution in [0.5, 0.6) is 0 Å². The van der Waals surface area contributed by atoms with Crippen molar-refractivity contribution in [1.82, 2.24) is 0 Å². The molecular formula is C6H10O3S. The van der Waals surface area contributed by atoms with Crippen LogP contribution in [0.3, 0.4) is 0 Å². The Balaban J connectivity index is 3.44. The lowest BCUT2D eigenvalue weighted by atomic mass is 10.4. The van der Waals surface area contributed by atoms with E-state index in [2.05, 4.69) is 6.58 Å². The Morgan fingerprint density at radius 1 is 1.80 bits per heavy atom. The van der Waals surface area contributed by atoms with Crippen LogP contribution in [0.1, 0.15) is 0 Å². The summed E-state index contributed by atoms with van der Waals surface area (Å²) in [5, 5.41) is 16.6. The third kappa shape index (κ3) is 4.40. The van der Waals surface area contributed by atoms with Crippen molar-refractivity contribution in [2.45, 2.75) is 5.25 Å². The first-order valence-corrected chi connectivity index (χ1v) is 3.82. The summed E-state index contributed by atoms with van der Waals surface area (Å²) in [6.07, 6.45) is 1.54. The normalized spacial score (nSPS) is 12.5. The van der Waals surface area contributed by atoms with Gasteiger partial charge in [0, 0.05) is 5.25 Å². The van der Waals surface area contributed by atoms with Crippen molar-refractivity contribution < 1.29 is 15.0 Å². The van der Waals surface area contributed by atoms with Crippen LogP contribution in [0.15, 0.2) is 12.7 Å². The molecule has 0 amide bonds. The van der Waals surface area contributed by atoms with Gasteiger partial charge >= 0.3 is 5.97 Å². The van der Waals surface area contributed by atoms with Crippen molar-refractivity contribution in [2.75, 3.05) is 12.4 Å². The summed E-state index contributed by atoms with van der Waals surface area (Å²) in [6.45, 7) is 3.38. The number of carboxylic acids is 1. The molecule has 0 aromatic heterocycles. The maximum absolute atomic E-state index is 10.00. The molecule has 58 valence electrons. The molecule has 1 atom stereocenters. The lowest BCUT2D eigenvalue weighted by Crippen LogP contribution is -2.08. The maximum atomic E-state index is 10.00. The highest BCUT2D eigenvalue weighted by Gasteiger charge is 2.04. The zero-order chi connectivity index (χ0) is 7.98. The van der Waals surface area contributed by atoms with Gasteiger partial charge in [0.25, 0.3) is 0 Å².